The number of hydrogen-bond donors (Lipinski definition) is 0. The summed E-state index contributed by atoms with van der Waals surface area (Å²) in [6.07, 6.45) is 0. The summed E-state index contributed by atoms with van der Waals surface area (Å²) in [7, 11) is 0. The van der Waals surface area contributed by atoms with Crippen molar-refractivity contribution in [2.75, 3.05) is 0 Å². The van der Waals surface area contributed by atoms with Gasteiger partial charge in [0, 0.05) is 11.1 Å². The molecule has 1 aromatic carbocycles. The molecule has 0 aromatic heterocycles. The summed E-state index contributed by atoms with van der Waals surface area (Å²) in [5.74, 6) is -0.137. The van der Waals surface area contributed by atoms with Crippen LogP contribution in [0.1, 0.15) is 0 Å². The van der Waals surface area contributed by atoms with Gasteiger partial charge in [0.25, 0.3) is 0 Å². The number of rotatable bonds is 1. The Bertz CT molecular complexity index is 614. The second-order valence-corrected chi connectivity index (χ2v) is 4.02. The number of halogens is 1. The van der Waals surface area contributed by atoms with Crippen molar-refractivity contribution in [3.05, 3.63) is 72.5 Å². The molecule has 1 heteroatoms. The van der Waals surface area contributed by atoms with E-state index in [0.717, 1.165) is 11.1 Å². The Morgan fingerprint density at radius 1 is 0.588 bits per heavy atom. The molecule has 0 bridgehead atoms. The first-order chi connectivity index (χ1) is 8.36. The van der Waals surface area contributed by atoms with E-state index in [0.29, 0.717) is 11.1 Å². The predicted octanol–water partition coefficient (Wildman–Crippen LogP) is 4.60. The first-order valence-electron chi connectivity index (χ1n) is 5.59. The van der Waals surface area contributed by atoms with Crippen molar-refractivity contribution in [1.29, 1.82) is 0 Å². The van der Waals surface area contributed by atoms with Gasteiger partial charge in [0.2, 0.25) is 0 Å². The van der Waals surface area contributed by atoms with E-state index in [1.807, 2.05) is 66.7 Å². The summed E-state index contributed by atoms with van der Waals surface area (Å²) in [6, 6.07) is 21.0. The lowest BCUT2D eigenvalue weighted by Gasteiger charge is -1.97. The maximum Gasteiger partial charge on any atom is 0.138 e. The molecule has 0 unspecified atom stereocenters. The van der Waals surface area contributed by atoms with E-state index in [-0.39, 0.29) is 5.82 Å². The van der Waals surface area contributed by atoms with Crippen molar-refractivity contribution in [1.82, 2.24) is 0 Å². The zero-order chi connectivity index (χ0) is 11.7. The standard InChI is InChI=1S/C16H11F/c17-16-14-10-6-2-5-9-13(14)11-15(16)12-7-3-1-4-8-12/h1-11H. The zero-order valence-electron chi connectivity index (χ0n) is 9.23. The van der Waals surface area contributed by atoms with Gasteiger partial charge >= 0.3 is 0 Å². The molecule has 0 radical (unpaired) electrons. The van der Waals surface area contributed by atoms with Crippen LogP contribution in [0.25, 0.3) is 22.3 Å². The molecule has 0 saturated carbocycles. The summed E-state index contributed by atoms with van der Waals surface area (Å²) in [6.45, 7) is 0. The molecule has 0 spiro atoms. The Morgan fingerprint density at radius 2 is 1.18 bits per heavy atom. The third-order valence-electron chi connectivity index (χ3n) is 2.93. The lowest BCUT2D eigenvalue weighted by atomic mass is 10.1. The van der Waals surface area contributed by atoms with Crippen LogP contribution < -0.4 is 0 Å². The van der Waals surface area contributed by atoms with Crippen molar-refractivity contribution >= 4 is 0 Å². The van der Waals surface area contributed by atoms with E-state index < -0.39 is 0 Å². The molecule has 2 aliphatic carbocycles. The summed E-state index contributed by atoms with van der Waals surface area (Å²) in [5, 5.41) is 0. The highest BCUT2D eigenvalue weighted by Gasteiger charge is 2.15. The van der Waals surface area contributed by atoms with E-state index >= 15 is 0 Å². The van der Waals surface area contributed by atoms with Crippen LogP contribution in [0.2, 0.25) is 0 Å². The van der Waals surface area contributed by atoms with Gasteiger partial charge < -0.3 is 0 Å². The van der Waals surface area contributed by atoms with Crippen LogP contribution in [-0.4, -0.2) is 0 Å². The van der Waals surface area contributed by atoms with Crippen LogP contribution in [0.15, 0.2) is 66.7 Å². The average Bonchev–Trinajstić information content (AvgIpc) is 2.56. The zero-order valence-corrected chi connectivity index (χ0v) is 9.23. The molecule has 0 saturated heterocycles. The van der Waals surface area contributed by atoms with Crippen molar-refractivity contribution in [3.8, 4) is 22.3 Å². The van der Waals surface area contributed by atoms with Crippen molar-refractivity contribution in [2.24, 2.45) is 0 Å². The highest BCUT2D eigenvalue weighted by Crippen LogP contribution is 2.35. The van der Waals surface area contributed by atoms with Gasteiger partial charge in [-0.25, -0.2) is 4.39 Å². The molecule has 2 aliphatic rings. The van der Waals surface area contributed by atoms with Gasteiger partial charge in [-0.15, -0.1) is 0 Å². The minimum atomic E-state index is -0.137. The molecule has 0 aliphatic heterocycles. The molecule has 1 aromatic rings. The second kappa shape index (κ2) is 4.02. The molecular weight excluding hydrogens is 211 g/mol. The molecular formula is C16H11F. The van der Waals surface area contributed by atoms with Crippen LogP contribution in [-0.2, 0) is 0 Å². The summed E-state index contributed by atoms with van der Waals surface area (Å²) in [5.41, 5.74) is 3.20. The molecule has 0 N–H and O–H groups in total. The monoisotopic (exact) mass is 222 g/mol. The Kier molecular flexibility index (Phi) is 2.37. The van der Waals surface area contributed by atoms with Gasteiger partial charge in [0.1, 0.15) is 5.82 Å². The SMILES string of the molecule is Fc1c2cccccc-2cc1-c1ccccc1. The molecule has 82 valence electrons. The molecule has 0 heterocycles. The Labute approximate surface area is 99.7 Å². The van der Waals surface area contributed by atoms with E-state index in [1.165, 1.54) is 0 Å². The van der Waals surface area contributed by atoms with Crippen molar-refractivity contribution in [2.45, 2.75) is 0 Å². The molecule has 0 atom stereocenters. The molecule has 0 nitrogen and oxygen atoms in total. The smallest absolute Gasteiger partial charge is 0.138 e. The predicted molar refractivity (Wildman–Crippen MR) is 68.5 cm³/mol. The van der Waals surface area contributed by atoms with Crippen LogP contribution in [0.5, 0.6) is 0 Å². The quantitative estimate of drug-likeness (QED) is 0.564. The number of hydrogen-bond acceptors (Lipinski definition) is 0. The van der Waals surface area contributed by atoms with E-state index in [4.69, 9.17) is 0 Å². The first-order valence-corrected chi connectivity index (χ1v) is 5.59. The number of fused-ring (bicyclic) bond motifs is 1. The van der Waals surface area contributed by atoms with Gasteiger partial charge in [-0.1, -0.05) is 60.7 Å². The van der Waals surface area contributed by atoms with E-state index in [9.17, 15) is 4.39 Å². The van der Waals surface area contributed by atoms with Crippen molar-refractivity contribution < 1.29 is 4.39 Å². The van der Waals surface area contributed by atoms with E-state index in [2.05, 4.69) is 0 Å². The lowest BCUT2D eigenvalue weighted by molar-refractivity contribution is 0.639. The second-order valence-electron chi connectivity index (χ2n) is 4.02. The maximum atomic E-state index is 14.3. The van der Waals surface area contributed by atoms with Crippen LogP contribution >= 0.6 is 0 Å². The van der Waals surface area contributed by atoms with Gasteiger partial charge in [0.15, 0.2) is 0 Å². The van der Waals surface area contributed by atoms with Gasteiger partial charge in [-0.05, 0) is 17.2 Å². The molecule has 3 rings (SSSR count). The highest BCUT2D eigenvalue weighted by molar-refractivity contribution is 5.80. The average molecular weight is 222 g/mol. The minimum absolute atomic E-state index is 0.137. The van der Waals surface area contributed by atoms with Crippen LogP contribution in [0.4, 0.5) is 4.39 Å². The van der Waals surface area contributed by atoms with Gasteiger partial charge in [-0.3, -0.25) is 0 Å². The fourth-order valence-corrected chi connectivity index (χ4v) is 2.08. The normalized spacial score (nSPS) is 10.6. The lowest BCUT2D eigenvalue weighted by Crippen LogP contribution is -1.77. The summed E-state index contributed by atoms with van der Waals surface area (Å²) >= 11 is 0. The number of benzene rings is 1. The Hall–Kier alpha value is -2.15. The third kappa shape index (κ3) is 1.70. The fourth-order valence-electron chi connectivity index (χ4n) is 2.08. The molecule has 0 fully saturated rings. The van der Waals surface area contributed by atoms with Gasteiger partial charge in [0.05, 0.1) is 0 Å². The third-order valence-corrected chi connectivity index (χ3v) is 2.93. The largest absolute Gasteiger partial charge is 0.206 e. The van der Waals surface area contributed by atoms with Crippen LogP contribution in [0, 0.1) is 5.82 Å². The Balaban J connectivity index is 2.26. The molecule has 0 amide bonds. The topological polar surface area (TPSA) is 0 Å². The first kappa shape index (κ1) is 10.0. The Morgan fingerprint density at radius 3 is 1.88 bits per heavy atom. The summed E-state index contributed by atoms with van der Waals surface area (Å²) < 4.78 is 14.3. The minimum Gasteiger partial charge on any atom is -0.206 e. The van der Waals surface area contributed by atoms with Crippen molar-refractivity contribution in [3.63, 3.8) is 0 Å². The maximum absolute atomic E-state index is 14.3. The van der Waals surface area contributed by atoms with E-state index in [1.54, 1.807) is 0 Å². The van der Waals surface area contributed by atoms with Crippen LogP contribution in [0.3, 0.4) is 0 Å². The highest BCUT2D eigenvalue weighted by atomic mass is 19.1. The molecule has 17 heavy (non-hydrogen) atoms. The summed E-state index contributed by atoms with van der Waals surface area (Å²) in [4.78, 5) is 0. The fraction of sp³-hybridized carbons (Fsp3) is 0. The van der Waals surface area contributed by atoms with Gasteiger partial charge in [-0.2, -0.15) is 0 Å².